The van der Waals surface area contributed by atoms with Gasteiger partial charge in [0.15, 0.2) is 11.5 Å². The molecule has 0 saturated carbocycles. The first-order valence-corrected chi connectivity index (χ1v) is 6.20. The Morgan fingerprint density at radius 1 is 1.37 bits per heavy atom. The number of benzene rings is 1. The van der Waals surface area contributed by atoms with Crippen LogP contribution in [-0.4, -0.2) is 18.1 Å². The highest BCUT2D eigenvalue weighted by atomic mass is 19.4. The number of alkyl halides is 3. The highest BCUT2D eigenvalue weighted by Gasteiger charge is 2.31. The van der Waals surface area contributed by atoms with E-state index in [1.807, 2.05) is 0 Å². The molecule has 0 aliphatic carbocycles. The van der Waals surface area contributed by atoms with E-state index in [-0.39, 0.29) is 5.52 Å². The van der Waals surface area contributed by atoms with Crippen LogP contribution in [-0.2, 0) is 12.6 Å². The van der Waals surface area contributed by atoms with E-state index in [4.69, 9.17) is 4.42 Å². The van der Waals surface area contributed by atoms with Crippen LogP contribution in [0.3, 0.4) is 0 Å². The summed E-state index contributed by atoms with van der Waals surface area (Å²) in [6, 6.07) is 3.39. The molecule has 1 unspecified atom stereocenters. The molecule has 102 valence electrons. The van der Waals surface area contributed by atoms with Crippen LogP contribution in [0.4, 0.5) is 13.2 Å². The number of aromatic nitrogens is 1. The van der Waals surface area contributed by atoms with Gasteiger partial charge in [-0.25, -0.2) is 4.98 Å². The van der Waals surface area contributed by atoms with E-state index < -0.39 is 11.7 Å². The lowest BCUT2D eigenvalue weighted by Crippen LogP contribution is -2.10. The number of rotatable bonds is 2. The second-order valence-corrected chi connectivity index (χ2v) is 4.85. The molecule has 0 radical (unpaired) electrons. The van der Waals surface area contributed by atoms with E-state index in [1.54, 1.807) is 0 Å². The molecular formula is C13H13F3N2O. The maximum atomic E-state index is 12.6. The number of oxazole rings is 1. The molecule has 3 nitrogen and oxygen atoms in total. The van der Waals surface area contributed by atoms with Crippen molar-refractivity contribution >= 4 is 11.1 Å². The topological polar surface area (TPSA) is 38.1 Å². The molecule has 6 heteroatoms. The summed E-state index contributed by atoms with van der Waals surface area (Å²) in [6.45, 7) is 1.88. The smallest absolute Gasteiger partial charge is 0.416 e. The van der Waals surface area contributed by atoms with Crippen molar-refractivity contribution in [3.05, 3.63) is 29.7 Å². The minimum Gasteiger partial charge on any atom is -0.441 e. The van der Waals surface area contributed by atoms with Crippen molar-refractivity contribution in [1.29, 1.82) is 0 Å². The van der Waals surface area contributed by atoms with Crippen LogP contribution in [0.5, 0.6) is 0 Å². The first-order chi connectivity index (χ1) is 9.02. The number of nitrogens with zero attached hydrogens (tertiary/aromatic N) is 1. The van der Waals surface area contributed by atoms with Gasteiger partial charge in [-0.3, -0.25) is 0 Å². The quantitative estimate of drug-likeness (QED) is 0.911. The van der Waals surface area contributed by atoms with Gasteiger partial charge in [-0.1, -0.05) is 0 Å². The van der Waals surface area contributed by atoms with Gasteiger partial charge in [0, 0.05) is 6.42 Å². The Morgan fingerprint density at radius 3 is 2.89 bits per heavy atom. The maximum Gasteiger partial charge on any atom is 0.416 e. The van der Waals surface area contributed by atoms with E-state index in [1.165, 1.54) is 6.07 Å². The molecule has 1 aromatic carbocycles. The first-order valence-electron chi connectivity index (χ1n) is 6.20. The van der Waals surface area contributed by atoms with Crippen molar-refractivity contribution in [2.24, 2.45) is 5.92 Å². The van der Waals surface area contributed by atoms with Crippen LogP contribution in [0.1, 0.15) is 17.9 Å². The fourth-order valence-corrected chi connectivity index (χ4v) is 2.37. The molecule has 1 fully saturated rings. The van der Waals surface area contributed by atoms with Crippen LogP contribution in [0.25, 0.3) is 11.1 Å². The van der Waals surface area contributed by atoms with Gasteiger partial charge in [0.05, 0.1) is 5.56 Å². The van der Waals surface area contributed by atoms with Crippen LogP contribution >= 0.6 is 0 Å². The van der Waals surface area contributed by atoms with Crippen molar-refractivity contribution in [2.75, 3.05) is 13.1 Å². The molecule has 0 spiro atoms. The molecule has 0 bridgehead atoms. The predicted octanol–water partition coefficient (Wildman–Crippen LogP) is 3.00. The number of hydrogen-bond donors (Lipinski definition) is 1. The zero-order valence-electron chi connectivity index (χ0n) is 10.1. The summed E-state index contributed by atoms with van der Waals surface area (Å²) >= 11 is 0. The fourth-order valence-electron chi connectivity index (χ4n) is 2.37. The lowest BCUT2D eigenvalue weighted by atomic mass is 10.1. The van der Waals surface area contributed by atoms with Crippen molar-refractivity contribution in [1.82, 2.24) is 10.3 Å². The van der Waals surface area contributed by atoms with Gasteiger partial charge in [-0.15, -0.1) is 0 Å². The van der Waals surface area contributed by atoms with Gasteiger partial charge >= 0.3 is 6.18 Å². The highest BCUT2D eigenvalue weighted by Crippen LogP contribution is 2.31. The molecule has 1 aromatic heterocycles. The third-order valence-electron chi connectivity index (χ3n) is 3.38. The monoisotopic (exact) mass is 270 g/mol. The molecule has 1 aliphatic heterocycles. The summed E-state index contributed by atoms with van der Waals surface area (Å²) in [5.41, 5.74) is -0.00730. The number of hydrogen-bond acceptors (Lipinski definition) is 3. The molecule has 19 heavy (non-hydrogen) atoms. The minimum atomic E-state index is -4.34. The molecule has 2 heterocycles. The molecule has 1 N–H and O–H groups in total. The van der Waals surface area contributed by atoms with Gasteiger partial charge in [0.25, 0.3) is 0 Å². The third kappa shape index (κ3) is 2.58. The summed E-state index contributed by atoms with van der Waals surface area (Å²) < 4.78 is 43.2. The van der Waals surface area contributed by atoms with Crippen molar-refractivity contribution in [2.45, 2.75) is 19.0 Å². The number of halogens is 3. The Labute approximate surface area is 107 Å². The largest absolute Gasteiger partial charge is 0.441 e. The molecule has 2 aromatic rings. The zero-order chi connectivity index (χ0) is 13.5. The summed E-state index contributed by atoms with van der Waals surface area (Å²) in [4.78, 5) is 4.16. The Hall–Kier alpha value is -1.56. The Morgan fingerprint density at radius 2 is 2.21 bits per heavy atom. The van der Waals surface area contributed by atoms with E-state index in [2.05, 4.69) is 10.3 Å². The third-order valence-corrected chi connectivity index (χ3v) is 3.38. The van der Waals surface area contributed by atoms with E-state index in [0.717, 1.165) is 31.6 Å². The first kappa shape index (κ1) is 12.5. The fraction of sp³-hybridized carbons (Fsp3) is 0.462. The van der Waals surface area contributed by atoms with Crippen molar-refractivity contribution < 1.29 is 17.6 Å². The average molecular weight is 270 g/mol. The summed E-state index contributed by atoms with van der Waals surface area (Å²) in [5, 5.41) is 3.24. The van der Waals surface area contributed by atoms with E-state index in [0.29, 0.717) is 23.8 Å². The van der Waals surface area contributed by atoms with Gasteiger partial charge in [0.2, 0.25) is 0 Å². The normalized spacial score (nSPS) is 20.3. The summed E-state index contributed by atoms with van der Waals surface area (Å²) in [6.07, 6.45) is -2.63. The highest BCUT2D eigenvalue weighted by molar-refractivity contribution is 5.73. The molecule has 1 saturated heterocycles. The predicted molar refractivity (Wildman–Crippen MR) is 63.7 cm³/mol. The SMILES string of the molecule is FC(F)(F)c1ccc2oc(CC3CCNC3)nc2c1. The molecule has 0 amide bonds. The summed E-state index contributed by atoms with van der Waals surface area (Å²) in [5.74, 6) is 0.971. The van der Waals surface area contributed by atoms with Crippen LogP contribution in [0.2, 0.25) is 0 Å². The van der Waals surface area contributed by atoms with Crippen molar-refractivity contribution in [3.8, 4) is 0 Å². The molecule has 1 atom stereocenters. The van der Waals surface area contributed by atoms with Gasteiger partial charge in [0.1, 0.15) is 5.52 Å². The lowest BCUT2D eigenvalue weighted by molar-refractivity contribution is -0.137. The second kappa shape index (κ2) is 4.52. The standard InChI is InChI=1S/C13H13F3N2O/c14-13(15,16)9-1-2-11-10(6-9)18-12(19-11)5-8-3-4-17-7-8/h1-2,6,8,17H,3-5,7H2. The Bertz CT molecular complexity index is 585. The zero-order valence-corrected chi connectivity index (χ0v) is 10.1. The number of fused-ring (bicyclic) bond motifs is 1. The van der Waals surface area contributed by atoms with E-state index in [9.17, 15) is 13.2 Å². The molecular weight excluding hydrogens is 257 g/mol. The average Bonchev–Trinajstić information content (AvgIpc) is 2.95. The molecule has 1 aliphatic rings. The van der Waals surface area contributed by atoms with E-state index >= 15 is 0 Å². The van der Waals surface area contributed by atoms with Crippen LogP contribution in [0.15, 0.2) is 22.6 Å². The van der Waals surface area contributed by atoms with Gasteiger partial charge in [-0.05, 0) is 43.6 Å². The number of nitrogens with one attached hydrogen (secondary N) is 1. The van der Waals surface area contributed by atoms with Crippen LogP contribution in [0, 0.1) is 5.92 Å². The molecule has 3 rings (SSSR count). The Balaban J connectivity index is 1.87. The van der Waals surface area contributed by atoms with Gasteiger partial charge in [-0.2, -0.15) is 13.2 Å². The minimum absolute atomic E-state index is 0.274. The second-order valence-electron chi connectivity index (χ2n) is 4.85. The van der Waals surface area contributed by atoms with Crippen LogP contribution < -0.4 is 5.32 Å². The Kier molecular flexibility index (Phi) is 2.97. The maximum absolute atomic E-state index is 12.6. The van der Waals surface area contributed by atoms with Crippen molar-refractivity contribution in [3.63, 3.8) is 0 Å². The lowest BCUT2D eigenvalue weighted by Gasteiger charge is -2.04. The summed E-state index contributed by atoms with van der Waals surface area (Å²) in [7, 11) is 0. The van der Waals surface area contributed by atoms with Gasteiger partial charge < -0.3 is 9.73 Å².